The van der Waals surface area contributed by atoms with Crippen molar-refractivity contribution in [3.63, 3.8) is 0 Å². The Labute approximate surface area is 161 Å². The van der Waals surface area contributed by atoms with Gasteiger partial charge in [-0.25, -0.2) is 0 Å². The van der Waals surface area contributed by atoms with Gasteiger partial charge in [-0.3, -0.25) is 4.79 Å². The molecular weight excluding hydrogens is 336 g/mol. The normalized spacial score (nSPS) is 16.0. The number of likely N-dealkylation sites (tertiary alicyclic amines) is 1. The fourth-order valence-electron chi connectivity index (χ4n) is 3.73. The van der Waals surface area contributed by atoms with Gasteiger partial charge < -0.3 is 14.8 Å². The Balaban J connectivity index is 1.58. The second kappa shape index (κ2) is 9.38. The fraction of sp³-hybridized carbons (Fsp3) is 0.455. The van der Waals surface area contributed by atoms with Crippen LogP contribution in [0.25, 0.3) is 17.0 Å². The Kier molecular flexibility index (Phi) is 6.67. The van der Waals surface area contributed by atoms with Crippen LogP contribution in [0.15, 0.2) is 36.5 Å². The van der Waals surface area contributed by atoms with E-state index in [1.54, 1.807) is 6.08 Å². The molecular formula is C22H28N4O. The summed E-state index contributed by atoms with van der Waals surface area (Å²) in [4.78, 5) is 14.7. The van der Waals surface area contributed by atoms with Gasteiger partial charge in [-0.1, -0.05) is 25.1 Å². The Bertz CT molecular complexity index is 840. The van der Waals surface area contributed by atoms with E-state index in [1.807, 2.05) is 36.5 Å². The van der Waals surface area contributed by atoms with Gasteiger partial charge in [-0.15, -0.1) is 0 Å². The van der Waals surface area contributed by atoms with E-state index in [9.17, 15) is 4.79 Å². The van der Waals surface area contributed by atoms with Crippen LogP contribution in [0.1, 0.15) is 31.7 Å². The number of amides is 1. The van der Waals surface area contributed by atoms with Crippen molar-refractivity contribution in [2.24, 2.45) is 5.92 Å². The number of carbonyl (C=O) groups excluding carboxylic acids is 1. The highest BCUT2D eigenvalue weighted by Gasteiger charge is 2.14. The molecule has 142 valence electrons. The van der Waals surface area contributed by atoms with Gasteiger partial charge in [0.05, 0.1) is 12.5 Å². The highest BCUT2D eigenvalue weighted by atomic mass is 16.1. The quantitative estimate of drug-likeness (QED) is 0.730. The molecule has 1 fully saturated rings. The third-order valence-corrected chi connectivity index (χ3v) is 5.09. The molecule has 0 aliphatic carbocycles. The SMILES string of the molecule is CC(CNC(=O)C=Cc1cn(CCC#N)c2ccccc12)CN1CCCC1. The van der Waals surface area contributed by atoms with Gasteiger partial charge in [-0.2, -0.15) is 5.26 Å². The number of aromatic nitrogens is 1. The maximum Gasteiger partial charge on any atom is 0.244 e. The Morgan fingerprint density at radius 2 is 2.11 bits per heavy atom. The molecule has 1 atom stereocenters. The molecule has 1 aliphatic heterocycles. The van der Waals surface area contributed by atoms with Crippen LogP contribution in [0.2, 0.25) is 0 Å². The molecule has 3 rings (SSSR count). The van der Waals surface area contributed by atoms with Crippen LogP contribution >= 0.6 is 0 Å². The summed E-state index contributed by atoms with van der Waals surface area (Å²) in [6.07, 6.45) is 8.55. The van der Waals surface area contributed by atoms with Crippen molar-refractivity contribution in [2.45, 2.75) is 32.7 Å². The molecule has 1 aromatic carbocycles. The van der Waals surface area contributed by atoms with Crippen LogP contribution in [0.4, 0.5) is 0 Å². The van der Waals surface area contributed by atoms with Crippen molar-refractivity contribution in [3.8, 4) is 6.07 Å². The van der Waals surface area contributed by atoms with Crippen LogP contribution in [0, 0.1) is 17.2 Å². The lowest BCUT2D eigenvalue weighted by Crippen LogP contribution is -2.33. The first-order valence-corrected chi connectivity index (χ1v) is 9.80. The zero-order valence-electron chi connectivity index (χ0n) is 16.0. The maximum absolute atomic E-state index is 12.2. The topological polar surface area (TPSA) is 61.1 Å². The van der Waals surface area contributed by atoms with Gasteiger partial charge in [0.15, 0.2) is 0 Å². The average molecular weight is 364 g/mol. The minimum atomic E-state index is -0.0582. The van der Waals surface area contributed by atoms with Crippen LogP contribution in [0.5, 0.6) is 0 Å². The first-order chi connectivity index (χ1) is 13.2. The highest BCUT2D eigenvalue weighted by molar-refractivity contribution is 5.96. The number of aryl methyl sites for hydroxylation is 1. The summed E-state index contributed by atoms with van der Waals surface area (Å²) < 4.78 is 2.08. The Morgan fingerprint density at radius 1 is 1.33 bits per heavy atom. The van der Waals surface area contributed by atoms with E-state index in [-0.39, 0.29) is 5.91 Å². The van der Waals surface area contributed by atoms with Crippen LogP contribution < -0.4 is 5.32 Å². The smallest absolute Gasteiger partial charge is 0.244 e. The first kappa shape index (κ1) is 19.2. The van der Waals surface area contributed by atoms with Crippen LogP contribution in [0.3, 0.4) is 0 Å². The molecule has 5 nitrogen and oxygen atoms in total. The van der Waals surface area contributed by atoms with Gasteiger partial charge in [0.1, 0.15) is 0 Å². The number of benzene rings is 1. The van der Waals surface area contributed by atoms with Crippen molar-refractivity contribution in [1.29, 1.82) is 5.26 Å². The molecule has 1 N–H and O–H groups in total. The lowest BCUT2D eigenvalue weighted by Gasteiger charge is -2.20. The molecule has 0 spiro atoms. The number of carbonyl (C=O) groups is 1. The van der Waals surface area contributed by atoms with Crippen molar-refractivity contribution < 1.29 is 4.79 Å². The number of nitrogens with one attached hydrogen (secondary N) is 1. The summed E-state index contributed by atoms with van der Waals surface area (Å²) in [5.74, 6) is 0.394. The first-order valence-electron chi connectivity index (χ1n) is 9.80. The van der Waals surface area contributed by atoms with E-state index in [0.29, 0.717) is 25.4 Å². The Morgan fingerprint density at radius 3 is 2.89 bits per heavy atom. The van der Waals surface area contributed by atoms with E-state index in [1.165, 1.54) is 25.9 Å². The summed E-state index contributed by atoms with van der Waals surface area (Å²) in [5.41, 5.74) is 2.09. The summed E-state index contributed by atoms with van der Waals surface area (Å²) in [6.45, 7) is 6.97. The molecule has 2 heterocycles. The van der Waals surface area contributed by atoms with Gasteiger partial charge in [0.2, 0.25) is 5.91 Å². The van der Waals surface area contributed by atoms with E-state index in [0.717, 1.165) is 23.0 Å². The fourth-order valence-corrected chi connectivity index (χ4v) is 3.73. The number of rotatable bonds is 8. The number of nitrogens with zero attached hydrogens (tertiary/aromatic N) is 3. The molecule has 2 aromatic rings. The van der Waals surface area contributed by atoms with Crippen molar-refractivity contribution in [1.82, 2.24) is 14.8 Å². The third-order valence-electron chi connectivity index (χ3n) is 5.09. The highest BCUT2D eigenvalue weighted by Crippen LogP contribution is 2.22. The molecule has 1 amide bonds. The standard InChI is InChI=1S/C22H28N4O/c1-18(16-25-12-4-5-13-25)15-24-22(27)10-9-19-17-26(14-6-11-23)21-8-3-2-7-20(19)21/h2-3,7-10,17-18H,4-6,12-16H2,1H3,(H,24,27). The maximum atomic E-state index is 12.2. The van der Waals surface area contributed by atoms with Gasteiger partial charge >= 0.3 is 0 Å². The summed E-state index contributed by atoms with van der Waals surface area (Å²) >= 11 is 0. The van der Waals surface area contributed by atoms with E-state index < -0.39 is 0 Å². The molecule has 1 aromatic heterocycles. The average Bonchev–Trinajstić information content (AvgIpc) is 3.31. The number of hydrogen-bond donors (Lipinski definition) is 1. The molecule has 1 aliphatic rings. The minimum absolute atomic E-state index is 0.0582. The lowest BCUT2D eigenvalue weighted by atomic mass is 10.1. The van der Waals surface area contributed by atoms with Crippen molar-refractivity contribution >= 4 is 22.9 Å². The predicted octanol–water partition coefficient (Wildman–Crippen LogP) is 3.42. The monoisotopic (exact) mass is 364 g/mol. The van der Waals surface area contributed by atoms with E-state index >= 15 is 0 Å². The summed E-state index contributed by atoms with van der Waals surface area (Å²) in [7, 11) is 0. The molecule has 0 saturated carbocycles. The zero-order chi connectivity index (χ0) is 19.1. The zero-order valence-corrected chi connectivity index (χ0v) is 16.0. The molecule has 27 heavy (non-hydrogen) atoms. The third kappa shape index (κ3) is 5.21. The number of fused-ring (bicyclic) bond motifs is 1. The number of nitriles is 1. The van der Waals surface area contributed by atoms with Crippen molar-refractivity contribution in [2.75, 3.05) is 26.2 Å². The van der Waals surface area contributed by atoms with Crippen molar-refractivity contribution in [3.05, 3.63) is 42.1 Å². The lowest BCUT2D eigenvalue weighted by molar-refractivity contribution is -0.116. The largest absolute Gasteiger partial charge is 0.352 e. The van der Waals surface area contributed by atoms with Crippen LogP contribution in [-0.2, 0) is 11.3 Å². The van der Waals surface area contributed by atoms with E-state index in [2.05, 4.69) is 27.8 Å². The Hall–Kier alpha value is -2.58. The molecule has 0 radical (unpaired) electrons. The molecule has 5 heteroatoms. The van der Waals surface area contributed by atoms with Gasteiger partial charge in [0.25, 0.3) is 0 Å². The van der Waals surface area contributed by atoms with Gasteiger partial charge in [0, 0.05) is 48.4 Å². The van der Waals surface area contributed by atoms with Gasteiger partial charge in [-0.05, 0) is 44.0 Å². The summed E-state index contributed by atoms with van der Waals surface area (Å²) in [6, 6.07) is 10.3. The predicted molar refractivity (Wildman–Crippen MR) is 109 cm³/mol. The van der Waals surface area contributed by atoms with E-state index in [4.69, 9.17) is 5.26 Å². The summed E-state index contributed by atoms with van der Waals surface area (Å²) in [5, 5.41) is 13.0. The second-order valence-electron chi connectivity index (χ2n) is 7.39. The number of para-hydroxylation sites is 1. The van der Waals surface area contributed by atoms with Crippen LogP contribution in [-0.4, -0.2) is 41.6 Å². The number of hydrogen-bond acceptors (Lipinski definition) is 3. The molecule has 0 bridgehead atoms. The second-order valence-corrected chi connectivity index (χ2v) is 7.39. The molecule has 1 unspecified atom stereocenters. The minimum Gasteiger partial charge on any atom is -0.352 e. The molecule has 1 saturated heterocycles.